The first kappa shape index (κ1) is 27.7. The summed E-state index contributed by atoms with van der Waals surface area (Å²) >= 11 is 0.836. The maximum absolute atomic E-state index is 12.9. The van der Waals surface area contributed by atoms with Crippen molar-refractivity contribution < 1.29 is 26.3 Å². The fourth-order valence-corrected chi connectivity index (χ4v) is 8.55. The standard InChI is InChI=1S/C21H38N2O6S3/c1-8-22-17-13-15(2)31(24,25)19-16(17)14-18(30-19)32(26,27)23-11-9-21(5,6)29-12-10-20(3,4)28-7/h14-15,17,22-23H,8-13H2,1-7H3/t15-,17-/m0/s1. The van der Waals surface area contributed by atoms with Crippen LogP contribution in [0.2, 0.25) is 0 Å². The summed E-state index contributed by atoms with van der Waals surface area (Å²) in [7, 11) is -5.69. The maximum atomic E-state index is 12.9. The Morgan fingerprint density at radius 1 is 1.19 bits per heavy atom. The zero-order valence-electron chi connectivity index (χ0n) is 20.1. The van der Waals surface area contributed by atoms with Crippen molar-refractivity contribution >= 4 is 31.2 Å². The molecule has 0 saturated carbocycles. The summed E-state index contributed by atoms with van der Waals surface area (Å²) in [6.07, 6.45) is 1.62. The van der Waals surface area contributed by atoms with Crippen LogP contribution in [-0.4, -0.2) is 60.1 Å². The van der Waals surface area contributed by atoms with Crippen LogP contribution in [0.15, 0.2) is 14.5 Å². The van der Waals surface area contributed by atoms with Gasteiger partial charge in [0.15, 0.2) is 9.84 Å². The van der Waals surface area contributed by atoms with Crippen molar-refractivity contribution in [3.05, 3.63) is 11.6 Å². The molecule has 0 unspecified atom stereocenters. The lowest BCUT2D eigenvalue weighted by molar-refractivity contribution is -0.0603. The molecular formula is C21H38N2O6S3. The molecule has 0 saturated heterocycles. The summed E-state index contributed by atoms with van der Waals surface area (Å²) in [6.45, 7) is 12.8. The second-order valence-electron chi connectivity index (χ2n) is 9.48. The van der Waals surface area contributed by atoms with Crippen LogP contribution in [0.4, 0.5) is 0 Å². The molecule has 0 aromatic carbocycles. The summed E-state index contributed by atoms with van der Waals surface area (Å²) in [5, 5.41) is 2.72. The molecule has 2 atom stereocenters. The van der Waals surface area contributed by atoms with Crippen LogP contribution in [0, 0.1) is 0 Å². The molecule has 1 aromatic heterocycles. The minimum absolute atomic E-state index is 0.0312. The number of ether oxygens (including phenoxy) is 2. The van der Waals surface area contributed by atoms with E-state index in [0.717, 1.165) is 17.8 Å². The monoisotopic (exact) mass is 510 g/mol. The normalized spacial score (nSPS) is 21.5. The molecule has 2 rings (SSSR count). The zero-order chi connectivity index (χ0) is 24.4. The van der Waals surface area contributed by atoms with Gasteiger partial charge in [-0.1, -0.05) is 6.92 Å². The molecular weight excluding hydrogens is 472 g/mol. The second-order valence-corrected chi connectivity index (χ2v) is 15.1. The molecule has 11 heteroatoms. The average Bonchev–Trinajstić information content (AvgIpc) is 3.13. The van der Waals surface area contributed by atoms with Gasteiger partial charge in [0.25, 0.3) is 0 Å². The Morgan fingerprint density at radius 3 is 2.44 bits per heavy atom. The predicted molar refractivity (Wildman–Crippen MR) is 128 cm³/mol. The van der Waals surface area contributed by atoms with Crippen LogP contribution >= 0.6 is 11.3 Å². The van der Waals surface area contributed by atoms with Crippen molar-refractivity contribution in [1.29, 1.82) is 0 Å². The first-order valence-corrected chi connectivity index (χ1v) is 14.8. The third-order valence-electron chi connectivity index (χ3n) is 5.92. The maximum Gasteiger partial charge on any atom is 0.250 e. The van der Waals surface area contributed by atoms with Gasteiger partial charge in [0.2, 0.25) is 10.0 Å². The number of hydrogen-bond donors (Lipinski definition) is 2. The molecule has 32 heavy (non-hydrogen) atoms. The molecule has 0 radical (unpaired) electrons. The largest absolute Gasteiger partial charge is 0.379 e. The Hall–Kier alpha value is -0.560. The first-order chi connectivity index (χ1) is 14.6. The Morgan fingerprint density at radius 2 is 1.84 bits per heavy atom. The number of fused-ring (bicyclic) bond motifs is 1. The van der Waals surface area contributed by atoms with E-state index in [2.05, 4.69) is 10.0 Å². The van der Waals surface area contributed by atoms with Crippen molar-refractivity contribution in [3.8, 4) is 0 Å². The van der Waals surface area contributed by atoms with Crippen molar-refractivity contribution in [3.63, 3.8) is 0 Å². The molecule has 0 amide bonds. The first-order valence-electron chi connectivity index (χ1n) is 10.9. The van der Waals surface area contributed by atoms with Gasteiger partial charge >= 0.3 is 0 Å². The molecule has 0 bridgehead atoms. The van der Waals surface area contributed by atoms with Gasteiger partial charge in [-0.15, -0.1) is 11.3 Å². The SMILES string of the molecule is CCN[C@H]1C[C@H](C)S(=O)(=O)c2sc(S(=O)(=O)NCCC(C)(C)OCCC(C)(C)OC)cc21. The van der Waals surface area contributed by atoms with Gasteiger partial charge in [0.05, 0.1) is 23.1 Å². The van der Waals surface area contributed by atoms with Gasteiger partial charge in [0.1, 0.15) is 8.42 Å². The lowest BCUT2D eigenvalue weighted by Gasteiger charge is -2.29. The number of methoxy groups -OCH3 is 1. The predicted octanol–water partition coefficient (Wildman–Crippen LogP) is 3.24. The Bertz CT molecular complexity index is 983. The third-order valence-corrected chi connectivity index (χ3v) is 11.7. The highest BCUT2D eigenvalue weighted by molar-refractivity contribution is 7.95. The van der Waals surface area contributed by atoms with Gasteiger partial charge in [-0.2, -0.15) is 0 Å². The van der Waals surface area contributed by atoms with Gasteiger partial charge in [-0.05, 0) is 66.5 Å². The van der Waals surface area contributed by atoms with Crippen molar-refractivity contribution in [2.24, 2.45) is 0 Å². The Kier molecular flexibility index (Phi) is 8.97. The van der Waals surface area contributed by atoms with E-state index in [1.807, 2.05) is 34.6 Å². The van der Waals surface area contributed by atoms with Crippen molar-refractivity contribution in [2.45, 2.75) is 91.7 Å². The lowest BCUT2D eigenvalue weighted by Crippen LogP contribution is -2.34. The number of sulfonamides is 1. The Labute approximate surface area is 197 Å². The molecule has 2 N–H and O–H groups in total. The molecule has 186 valence electrons. The fourth-order valence-electron chi connectivity index (χ4n) is 3.48. The minimum atomic E-state index is -3.83. The smallest absolute Gasteiger partial charge is 0.250 e. The molecule has 0 aliphatic carbocycles. The zero-order valence-corrected chi connectivity index (χ0v) is 22.6. The van der Waals surface area contributed by atoms with Gasteiger partial charge in [0, 0.05) is 25.3 Å². The summed E-state index contributed by atoms with van der Waals surface area (Å²) in [6, 6.07) is 1.34. The minimum Gasteiger partial charge on any atom is -0.379 e. The van der Waals surface area contributed by atoms with E-state index in [1.54, 1.807) is 14.0 Å². The van der Waals surface area contributed by atoms with Gasteiger partial charge < -0.3 is 14.8 Å². The average molecular weight is 511 g/mol. The van der Waals surface area contributed by atoms with Crippen LogP contribution in [0.5, 0.6) is 0 Å². The highest BCUT2D eigenvalue weighted by Crippen LogP contribution is 2.42. The number of hydrogen-bond acceptors (Lipinski definition) is 8. The molecule has 0 spiro atoms. The van der Waals surface area contributed by atoms with E-state index in [9.17, 15) is 16.8 Å². The topological polar surface area (TPSA) is 111 Å². The Balaban J connectivity index is 2.06. The summed E-state index contributed by atoms with van der Waals surface area (Å²) in [4.78, 5) is 0. The summed E-state index contributed by atoms with van der Waals surface area (Å²) in [5.74, 6) is 0. The van der Waals surface area contributed by atoms with Crippen LogP contribution in [0.3, 0.4) is 0 Å². The third kappa shape index (κ3) is 6.74. The molecule has 8 nitrogen and oxygen atoms in total. The van der Waals surface area contributed by atoms with Gasteiger partial charge in [-0.3, -0.25) is 0 Å². The van der Waals surface area contributed by atoms with E-state index in [1.165, 1.54) is 6.07 Å². The number of sulfone groups is 1. The number of thiophene rings is 1. The quantitative estimate of drug-likeness (QED) is 0.444. The molecule has 0 fully saturated rings. The molecule has 1 aliphatic heterocycles. The fraction of sp³-hybridized carbons (Fsp3) is 0.810. The summed E-state index contributed by atoms with van der Waals surface area (Å²) in [5.41, 5.74) is -0.242. The molecule has 1 aromatic rings. The van der Waals surface area contributed by atoms with Crippen molar-refractivity contribution in [2.75, 3.05) is 26.8 Å². The number of nitrogens with one attached hydrogen (secondary N) is 2. The van der Waals surface area contributed by atoms with Crippen LogP contribution in [0.25, 0.3) is 0 Å². The van der Waals surface area contributed by atoms with Crippen molar-refractivity contribution in [1.82, 2.24) is 10.0 Å². The molecule has 2 heterocycles. The van der Waals surface area contributed by atoms with E-state index in [4.69, 9.17) is 9.47 Å². The lowest BCUT2D eigenvalue weighted by atomic mass is 10.0. The van der Waals surface area contributed by atoms with E-state index < -0.39 is 30.7 Å². The highest BCUT2D eigenvalue weighted by Gasteiger charge is 2.39. The second kappa shape index (κ2) is 10.4. The highest BCUT2D eigenvalue weighted by atomic mass is 32.3. The van der Waals surface area contributed by atoms with Crippen LogP contribution < -0.4 is 10.0 Å². The van der Waals surface area contributed by atoms with E-state index >= 15 is 0 Å². The number of rotatable bonds is 12. The van der Waals surface area contributed by atoms with E-state index in [-0.39, 0.29) is 26.6 Å². The van der Waals surface area contributed by atoms with Crippen LogP contribution in [0.1, 0.15) is 72.4 Å². The van der Waals surface area contributed by atoms with Crippen LogP contribution in [-0.2, 0) is 29.3 Å². The summed E-state index contributed by atoms with van der Waals surface area (Å²) < 4.78 is 65.5. The molecule has 1 aliphatic rings. The van der Waals surface area contributed by atoms with Gasteiger partial charge in [-0.25, -0.2) is 21.6 Å². The van der Waals surface area contributed by atoms with E-state index in [0.29, 0.717) is 31.6 Å².